The second-order valence-corrected chi connectivity index (χ2v) is 4.88. The van der Waals surface area contributed by atoms with E-state index >= 15 is 0 Å². The highest BCUT2D eigenvalue weighted by Gasteiger charge is 2.44. The molecule has 1 heterocycles. The van der Waals surface area contributed by atoms with E-state index in [1.807, 2.05) is 6.92 Å². The molecule has 4 nitrogen and oxygen atoms in total. The van der Waals surface area contributed by atoms with E-state index < -0.39 is 5.41 Å². The van der Waals surface area contributed by atoms with Crippen LogP contribution in [0.5, 0.6) is 0 Å². The number of likely N-dealkylation sites (N-methyl/N-ethyl adjacent to an activating group) is 1. The summed E-state index contributed by atoms with van der Waals surface area (Å²) in [5.41, 5.74) is 0.316. The normalized spacial score (nSPS) is 19.3. The van der Waals surface area contributed by atoms with Crippen LogP contribution in [-0.2, 0) is 9.59 Å². The summed E-state index contributed by atoms with van der Waals surface area (Å²) in [4.78, 5) is 24.9. The highest BCUT2D eigenvalue weighted by atomic mass is 16.2. The van der Waals surface area contributed by atoms with Gasteiger partial charge < -0.3 is 5.32 Å². The third-order valence-corrected chi connectivity index (χ3v) is 2.73. The highest BCUT2D eigenvalue weighted by Crippen LogP contribution is 2.31. The van der Waals surface area contributed by atoms with Gasteiger partial charge in [-0.3, -0.25) is 14.5 Å². The molecule has 1 N–H and O–H groups in total. The Morgan fingerprint density at radius 2 is 2.12 bits per heavy atom. The fraction of sp³-hybridized carbons (Fsp3) is 0.667. The van der Waals surface area contributed by atoms with Crippen molar-refractivity contribution in [3.8, 4) is 0 Å². The lowest BCUT2D eigenvalue weighted by Gasteiger charge is -2.18. The molecule has 0 aromatic rings. The molecule has 0 aromatic carbocycles. The van der Waals surface area contributed by atoms with E-state index in [-0.39, 0.29) is 11.8 Å². The van der Waals surface area contributed by atoms with E-state index in [4.69, 9.17) is 0 Å². The van der Waals surface area contributed by atoms with Crippen LogP contribution in [-0.4, -0.2) is 36.3 Å². The van der Waals surface area contributed by atoms with Crippen LogP contribution in [0, 0.1) is 5.41 Å². The van der Waals surface area contributed by atoms with Crippen molar-refractivity contribution in [3.63, 3.8) is 0 Å². The number of carbonyl (C=O) groups is 2. The number of amides is 2. The lowest BCUT2D eigenvalue weighted by atomic mass is 9.92. The Kier molecular flexibility index (Phi) is 3.86. The highest BCUT2D eigenvalue weighted by molar-refractivity contribution is 6.05. The average molecular weight is 224 g/mol. The quantitative estimate of drug-likeness (QED) is 0.558. The maximum Gasteiger partial charge on any atom is 0.235 e. The molecular weight excluding hydrogens is 204 g/mol. The Balaban J connectivity index is 2.58. The molecule has 0 bridgehead atoms. The molecule has 1 aliphatic heterocycles. The Morgan fingerprint density at radius 1 is 1.50 bits per heavy atom. The first-order valence-corrected chi connectivity index (χ1v) is 5.60. The third kappa shape index (κ3) is 2.70. The molecule has 0 spiro atoms. The zero-order chi connectivity index (χ0) is 12.3. The molecule has 90 valence electrons. The van der Waals surface area contributed by atoms with Gasteiger partial charge in [0, 0.05) is 13.0 Å². The van der Waals surface area contributed by atoms with Crippen LogP contribution in [0.4, 0.5) is 0 Å². The maximum atomic E-state index is 11.9. The maximum absolute atomic E-state index is 11.9. The average Bonchev–Trinajstić information content (AvgIpc) is 2.38. The summed E-state index contributed by atoms with van der Waals surface area (Å²) in [7, 11) is 0. The summed E-state index contributed by atoms with van der Waals surface area (Å²) in [6.07, 6.45) is 0.306. The second-order valence-electron chi connectivity index (χ2n) is 4.88. The van der Waals surface area contributed by atoms with E-state index in [2.05, 4.69) is 11.9 Å². The van der Waals surface area contributed by atoms with Gasteiger partial charge in [-0.05, 0) is 12.1 Å². The van der Waals surface area contributed by atoms with Crippen molar-refractivity contribution in [2.24, 2.45) is 5.41 Å². The Labute approximate surface area is 96.7 Å². The number of imide groups is 1. The van der Waals surface area contributed by atoms with Gasteiger partial charge in [-0.15, -0.1) is 0 Å². The van der Waals surface area contributed by atoms with Gasteiger partial charge in [0.05, 0.1) is 12.0 Å². The summed E-state index contributed by atoms with van der Waals surface area (Å²) < 4.78 is 0. The number of likely N-dealkylation sites (tertiary alicyclic amines) is 1. The monoisotopic (exact) mass is 224 g/mol. The first-order valence-electron chi connectivity index (χ1n) is 5.60. The molecule has 0 unspecified atom stereocenters. The minimum Gasteiger partial charge on any atom is -0.313 e. The molecule has 1 rings (SSSR count). The largest absolute Gasteiger partial charge is 0.313 e. The van der Waals surface area contributed by atoms with E-state index in [0.717, 1.165) is 12.1 Å². The Hall–Kier alpha value is -1.16. The van der Waals surface area contributed by atoms with Gasteiger partial charge in [0.1, 0.15) is 0 Å². The molecule has 0 aliphatic carbocycles. The summed E-state index contributed by atoms with van der Waals surface area (Å²) in [6, 6.07) is 0. The van der Waals surface area contributed by atoms with Gasteiger partial charge in [-0.1, -0.05) is 27.4 Å². The molecule has 0 saturated carbocycles. The van der Waals surface area contributed by atoms with E-state index in [1.54, 1.807) is 13.8 Å². The number of rotatable bonds is 5. The van der Waals surface area contributed by atoms with Crippen molar-refractivity contribution in [3.05, 3.63) is 12.2 Å². The topological polar surface area (TPSA) is 49.4 Å². The van der Waals surface area contributed by atoms with Gasteiger partial charge in [0.15, 0.2) is 0 Å². The van der Waals surface area contributed by atoms with Crippen molar-refractivity contribution in [2.45, 2.75) is 27.2 Å². The lowest BCUT2D eigenvalue weighted by Crippen LogP contribution is -2.36. The van der Waals surface area contributed by atoms with Crippen molar-refractivity contribution < 1.29 is 9.59 Å². The van der Waals surface area contributed by atoms with Gasteiger partial charge in [-0.25, -0.2) is 0 Å². The van der Waals surface area contributed by atoms with Crippen molar-refractivity contribution in [1.29, 1.82) is 0 Å². The Bertz CT molecular complexity index is 321. The SMILES string of the molecule is C=C(CNCC)CN1C(=O)CC(C)(C)C1=O. The van der Waals surface area contributed by atoms with Crippen molar-refractivity contribution in [2.75, 3.05) is 19.6 Å². The second kappa shape index (κ2) is 4.78. The number of hydrogen-bond donors (Lipinski definition) is 1. The molecule has 1 saturated heterocycles. The van der Waals surface area contributed by atoms with Crippen LogP contribution >= 0.6 is 0 Å². The lowest BCUT2D eigenvalue weighted by molar-refractivity contribution is -0.140. The molecular formula is C12H20N2O2. The minimum atomic E-state index is -0.546. The molecule has 1 aliphatic rings. The van der Waals surface area contributed by atoms with Gasteiger partial charge in [-0.2, -0.15) is 0 Å². The third-order valence-electron chi connectivity index (χ3n) is 2.73. The van der Waals surface area contributed by atoms with Crippen LogP contribution < -0.4 is 5.32 Å². The van der Waals surface area contributed by atoms with E-state index in [1.165, 1.54) is 4.90 Å². The predicted molar refractivity (Wildman–Crippen MR) is 62.8 cm³/mol. The van der Waals surface area contributed by atoms with Crippen LogP contribution in [0.15, 0.2) is 12.2 Å². The van der Waals surface area contributed by atoms with E-state index in [9.17, 15) is 9.59 Å². The molecule has 16 heavy (non-hydrogen) atoms. The standard InChI is InChI=1S/C12H20N2O2/c1-5-13-7-9(2)8-14-10(15)6-12(3,4)11(14)16/h13H,2,5-8H2,1,3-4H3. The number of nitrogens with zero attached hydrogens (tertiary/aromatic N) is 1. The summed E-state index contributed by atoms with van der Waals surface area (Å²) in [5.74, 6) is -0.178. The van der Waals surface area contributed by atoms with Gasteiger partial charge >= 0.3 is 0 Å². The fourth-order valence-corrected chi connectivity index (χ4v) is 1.77. The first-order chi connectivity index (χ1) is 7.38. The summed E-state index contributed by atoms with van der Waals surface area (Å²) >= 11 is 0. The summed E-state index contributed by atoms with van der Waals surface area (Å²) in [5, 5.41) is 3.12. The fourth-order valence-electron chi connectivity index (χ4n) is 1.77. The van der Waals surface area contributed by atoms with Gasteiger partial charge in [0.2, 0.25) is 11.8 Å². The van der Waals surface area contributed by atoms with Crippen LogP contribution in [0.25, 0.3) is 0 Å². The number of carbonyl (C=O) groups excluding carboxylic acids is 2. The predicted octanol–water partition coefficient (Wildman–Crippen LogP) is 0.937. The van der Waals surface area contributed by atoms with Crippen LogP contribution in [0.3, 0.4) is 0 Å². The zero-order valence-corrected chi connectivity index (χ0v) is 10.3. The molecule has 1 fully saturated rings. The van der Waals surface area contributed by atoms with E-state index in [0.29, 0.717) is 19.5 Å². The van der Waals surface area contributed by atoms with Crippen molar-refractivity contribution in [1.82, 2.24) is 10.2 Å². The number of hydrogen-bond acceptors (Lipinski definition) is 3. The molecule has 2 amide bonds. The van der Waals surface area contributed by atoms with Crippen LogP contribution in [0.2, 0.25) is 0 Å². The van der Waals surface area contributed by atoms with Crippen molar-refractivity contribution >= 4 is 11.8 Å². The zero-order valence-electron chi connectivity index (χ0n) is 10.3. The Morgan fingerprint density at radius 3 is 2.56 bits per heavy atom. The number of nitrogens with one attached hydrogen (secondary N) is 1. The molecule has 4 heteroatoms. The molecule has 0 aromatic heterocycles. The van der Waals surface area contributed by atoms with Gasteiger partial charge in [0.25, 0.3) is 0 Å². The first kappa shape index (κ1) is 12.9. The smallest absolute Gasteiger partial charge is 0.235 e. The van der Waals surface area contributed by atoms with Crippen LogP contribution in [0.1, 0.15) is 27.2 Å². The minimum absolute atomic E-state index is 0.0878. The summed E-state index contributed by atoms with van der Waals surface area (Å²) in [6.45, 7) is 11.3. The molecule has 0 atom stereocenters. The molecule has 0 radical (unpaired) electrons.